The molecule has 1 rings (SSSR count). The first-order valence-electron chi connectivity index (χ1n) is 10.4. The molecule has 1 aromatic carbocycles. The number of carbonyl (C=O) groups excluding carboxylic acids is 1. The molecule has 0 radical (unpaired) electrons. The molecule has 0 bridgehead atoms. The number of Topliss-reactive ketones (excluding diaryl/α,β-unsaturated/α-hetero) is 1. The second-order valence-corrected chi connectivity index (χ2v) is 12.5. The number of sulfonamides is 1. The summed E-state index contributed by atoms with van der Waals surface area (Å²) in [6.07, 6.45) is 0.0848. The molecule has 0 saturated carbocycles. The number of benzene rings is 1. The van der Waals surface area contributed by atoms with Crippen molar-refractivity contribution in [1.82, 2.24) is 4.72 Å². The Morgan fingerprint density at radius 1 is 1.12 bits per heavy atom. The fourth-order valence-electron chi connectivity index (χ4n) is 2.69. The number of carbonyl (C=O) groups is 1. The number of rotatable bonds is 16. The van der Waals surface area contributed by atoms with Crippen LogP contribution in [-0.4, -0.2) is 56.4 Å². The zero-order chi connectivity index (χ0) is 24.0. The van der Waals surface area contributed by atoms with Crippen LogP contribution in [0.2, 0.25) is 0 Å². The third-order valence-corrected chi connectivity index (χ3v) is 8.84. The predicted octanol–water partition coefficient (Wildman–Crippen LogP) is 4.14. The molecule has 0 aromatic heterocycles. The number of thiocarbonyl (C=S) groups is 1. The van der Waals surface area contributed by atoms with Crippen LogP contribution in [0.4, 0.5) is 0 Å². The van der Waals surface area contributed by atoms with Crippen LogP contribution < -0.4 is 4.72 Å². The third-order valence-electron chi connectivity index (χ3n) is 4.02. The molecule has 32 heavy (non-hydrogen) atoms. The van der Waals surface area contributed by atoms with Crippen molar-refractivity contribution in [3.8, 4) is 0 Å². The van der Waals surface area contributed by atoms with E-state index >= 15 is 0 Å². The van der Waals surface area contributed by atoms with Crippen molar-refractivity contribution in [2.45, 2.75) is 44.6 Å². The molecule has 1 unspecified atom stereocenters. The average molecular weight is 526 g/mol. The minimum atomic E-state index is -3.58. The molecule has 1 atom stereocenters. The molecule has 0 aliphatic carbocycles. The van der Waals surface area contributed by atoms with Gasteiger partial charge in [-0.15, -0.1) is 0 Å². The summed E-state index contributed by atoms with van der Waals surface area (Å²) < 4.78 is 56.0. The zero-order valence-corrected chi connectivity index (χ0v) is 22.0. The molecule has 0 aliphatic rings. The minimum Gasteiger partial charge on any atom is -0.479 e. The number of hydrogen-bond acceptors (Lipinski definition) is 9. The number of thioether (sulfide) groups is 1. The topological polar surface area (TPSA) is 108 Å². The fourth-order valence-corrected chi connectivity index (χ4v) is 7.01. The van der Waals surface area contributed by atoms with Gasteiger partial charge in [0, 0.05) is 18.2 Å². The van der Waals surface area contributed by atoms with Gasteiger partial charge in [0.05, 0.1) is 25.6 Å². The van der Waals surface area contributed by atoms with Gasteiger partial charge in [0.1, 0.15) is 11.9 Å². The Morgan fingerprint density at radius 2 is 1.75 bits per heavy atom. The summed E-state index contributed by atoms with van der Waals surface area (Å²) in [7, 11) is -7.05. The molecule has 0 heterocycles. The first-order chi connectivity index (χ1) is 15.1. The van der Waals surface area contributed by atoms with Crippen LogP contribution in [0.15, 0.2) is 30.3 Å². The highest BCUT2D eigenvalue weighted by Crippen LogP contribution is 2.48. The molecular weight excluding hydrogens is 493 g/mol. The van der Waals surface area contributed by atoms with E-state index in [1.807, 2.05) is 6.07 Å². The van der Waals surface area contributed by atoms with Crippen LogP contribution in [0.5, 0.6) is 0 Å². The van der Waals surface area contributed by atoms with E-state index in [9.17, 15) is 17.8 Å². The third kappa shape index (κ3) is 12.4. The van der Waals surface area contributed by atoms with Crippen molar-refractivity contribution in [2.24, 2.45) is 0 Å². The lowest BCUT2D eigenvalue weighted by Crippen LogP contribution is -2.32. The van der Waals surface area contributed by atoms with Crippen molar-refractivity contribution in [2.75, 3.05) is 32.5 Å². The second-order valence-electron chi connectivity index (χ2n) is 6.70. The maximum Gasteiger partial charge on any atom is 0.338 e. The summed E-state index contributed by atoms with van der Waals surface area (Å²) in [5.41, 5.74) is 0.673. The van der Waals surface area contributed by atoms with Crippen molar-refractivity contribution in [3.63, 3.8) is 0 Å². The van der Waals surface area contributed by atoms with Crippen molar-refractivity contribution in [1.29, 1.82) is 0 Å². The number of ether oxygens (including phenoxy) is 1. The van der Waals surface area contributed by atoms with Gasteiger partial charge in [-0.1, -0.05) is 42.1 Å². The summed E-state index contributed by atoms with van der Waals surface area (Å²) in [5.74, 6) is -0.429. The van der Waals surface area contributed by atoms with E-state index in [1.165, 1.54) is 11.8 Å². The molecule has 182 valence electrons. The molecular formula is C20H32NO7PS3. The lowest BCUT2D eigenvalue weighted by Gasteiger charge is -2.19. The van der Waals surface area contributed by atoms with Gasteiger partial charge in [0.15, 0.2) is 0 Å². The average Bonchev–Trinajstić information content (AvgIpc) is 2.71. The molecule has 1 aromatic rings. The van der Waals surface area contributed by atoms with E-state index in [0.717, 1.165) is 0 Å². The van der Waals surface area contributed by atoms with E-state index in [-0.39, 0.29) is 53.5 Å². The molecule has 1 N–H and O–H groups in total. The highest BCUT2D eigenvalue weighted by atomic mass is 32.2. The van der Waals surface area contributed by atoms with Gasteiger partial charge in [-0.25, -0.2) is 13.1 Å². The fraction of sp³-hybridized carbons (Fsp3) is 0.600. The Balaban J connectivity index is 2.72. The van der Waals surface area contributed by atoms with Crippen LogP contribution >= 0.6 is 31.6 Å². The molecule has 12 heteroatoms. The smallest absolute Gasteiger partial charge is 0.338 e. The van der Waals surface area contributed by atoms with Gasteiger partial charge in [-0.05, 0) is 45.0 Å². The van der Waals surface area contributed by atoms with Gasteiger partial charge in [-0.3, -0.25) is 9.36 Å². The molecule has 8 nitrogen and oxygen atoms in total. The molecule has 0 amide bonds. The van der Waals surface area contributed by atoms with Crippen LogP contribution in [-0.2, 0) is 38.9 Å². The van der Waals surface area contributed by atoms with Crippen LogP contribution in [0.3, 0.4) is 0 Å². The lowest BCUT2D eigenvalue weighted by atomic mass is 10.2. The summed E-state index contributed by atoms with van der Waals surface area (Å²) in [6, 6.07) is 8.85. The highest BCUT2D eigenvalue weighted by Gasteiger charge is 2.28. The van der Waals surface area contributed by atoms with E-state index in [2.05, 4.69) is 4.72 Å². The van der Waals surface area contributed by atoms with Crippen LogP contribution in [0.1, 0.15) is 39.2 Å². The van der Waals surface area contributed by atoms with Gasteiger partial charge in [0.25, 0.3) is 0 Å². The normalized spacial score (nSPS) is 13.0. The molecule has 0 spiro atoms. The van der Waals surface area contributed by atoms with Gasteiger partial charge in [0.2, 0.25) is 14.4 Å². The van der Waals surface area contributed by atoms with Crippen molar-refractivity contribution >= 4 is 51.8 Å². The van der Waals surface area contributed by atoms with E-state index in [1.54, 1.807) is 45.0 Å². The Hall–Kier alpha value is -0.810. The Kier molecular flexibility index (Phi) is 13.8. The van der Waals surface area contributed by atoms with E-state index in [4.69, 9.17) is 26.0 Å². The SMILES string of the molecule is CCOC(=S)SC(CCC(=O)CP(=O)(OCC)OCC)CNS(=O)(=O)Cc1ccccc1. The standard InChI is InChI=1S/C20H32NO7PS3/c1-4-26-20(30)31-19(13-12-18(22)15-29(23,27-5-2)28-6-3)14-21-32(24,25)16-17-10-8-7-9-11-17/h7-11,19,21H,4-6,12-16H2,1-3H3. The first kappa shape index (κ1) is 29.2. The lowest BCUT2D eigenvalue weighted by molar-refractivity contribution is -0.117. The first-order valence-corrected chi connectivity index (χ1v) is 15.0. The molecule has 0 aliphatic heterocycles. The summed E-state index contributed by atoms with van der Waals surface area (Å²) in [4.78, 5) is 12.4. The highest BCUT2D eigenvalue weighted by molar-refractivity contribution is 8.23. The molecule has 0 fully saturated rings. The van der Waals surface area contributed by atoms with E-state index in [0.29, 0.717) is 18.6 Å². The van der Waals surface area contributed by atoms with Crippen molar-refractivity contribution < 1.29 is 31.6 Å². The van der Waals surface area contributed by atoms with Gasteiger partial charge < -0.3 is 13.8 Å². The number of ketones is 1. The van der Waals surface area contributed by atoms with E-state index < -0.39 is 17.6 Å². The molecule has 0 saturated heterocycles. The minimum absolute atomic E-state index is 0.0783. The Bertz CT molecular complexity index is 855. The predicted molar refractivity (Wildman–Crippen MR) is 133 cm³/mol. The monoisotopic (exact) mass is 525 g/mol. The van der Waals surface area contributed by atoms with Crippen LogP contribution in [0, 0.1) is 0 Å². The second kappa shape index (κ2) is 15.2. The van der Waals surface area contributed by atoms with Crippen molar-refractivity contribution in [3.05, 3.63) is 35.9 Å². The number of nitrogens with one attached hydrogen (secondary N) is 1. The Labute approximate surface area is 200 Å². The Morgan fingerprint density at radius 3 is 2.31 bits per heavy atom. The van der Waals surface area contributed by atoms with Gasteiger partial charge in [-0.2, -0.15) is 0 Å². The zero-order valence-electron chi connectivity index (χ0n) is 18.7. The summed E-state index contributed by atoms with van der Waals surface area (Å²) in [5, 5.41) is -0.331. The summed E-state index contributed by atoms with van der Waals surface area (Å²) in [6.45, 7) is 5.98. The largest absolute Gasteiger partial charge is 0.479 e. The number of hydrogen-bond donors (Lipinski definition) is 1. The van der Waals surface area contributed by atoms with Gasteiger partial charge >= 0.3 is 7.60 Å². The maximum atomic E-state index is 12.6. The van der Waals surface area contributed by atoms with Crippen LogP contribution in [0.25, 0.3) is 0 Å². The summed E-state index contributed by atoms with van der Waals surface area (Å²) >= 11 is 6.37. The maximum absolute atomic E-state index is 12.6. The quantitative estimate of drug-likeness (QED) is 0.252.